The SMILES string of the molecule is COCC(=O)N1CCC[C@@]2(CCC(=O)N(Cc3cnc(C)cn3)C2)C1. The molecule has 0 aromatic carbocycles. The zero-order valence-corrected chi connectivity index (χ0v) is 15.0. The van der Waals surface area contributed by atoms with Gasteiger partial charge in [-0.15, -0.1) is 0 Å². The summed E-state index contributed by atoms with van der Waals surface area (Å²) in [6.07, 6.45) is 6.86. The van der Waals surface area contributed by atoms with E-state index < -0.39 is 0 Å². The first-order chi connectivity index (χ1) is 12.0. The second-order valence-corrected chi connectivity index (χ2v) is 7.25. The molecule has 1 spiro atoms. The van der Waals surface area contributed by atoms with Crippen molar-refractivity contribution in [1.82, 2.24) is 19.8 Å². The van der Waals surface area contributed by atoms with Gasteiger partial charge in [0.15, 0.2) is 0 Å². The van der Waals surface area contributed by atoms with Gasteiger partial charge in [-0.2, -0.15) is 0 Å². The van der Waals surface area contributed by atoms with Gasteiger partial charge in [-0.3, -0.25) is 19.6 Å². The van der Waals surface area contributed by atoms with E-state index in [4.69, 9.17) is 4.74 Å². The Hall–Kier alpha value is -2.02. The molecule has 3 rings (SSSR count). The molecule has 0 bridgehead atoms. The van der Waals surface area contributed by atoms with E-state index in [9.17, 15) is 9.59 Å². The Balaban J connectivity index is 1.69. The standard InChI is InChI=1S/C18H26N4O3/c1-14-8-20-15(9-19-14)10-22-13-18(6-4-16(22)23)5-3-7-21(12-18)17(24)11-25-2/h8-9H,3-7,10-13H2,1-2H3/t18-/m1/s1. The summed E-state index contributed by atoms with van der Waals surface area (Å²) in [5.74, 6) is 0.197. The number of likely N-dealkylation sites (tertiary alicyclic amines) is 2. The van der Waals surface area contributed by atoms with Crippen molar-refractivity contribution in [2.45, 2.75) is 39.2 Å². The molecule has 0 saturated carbocycles. The average Bonchev–Trinajstić information content (AvgIpc) is 2.61. The van der Waals surface area contributed by atoms with Crippen LogP contribution in [0.1, 0.15) is 37.1 Å². The molecule has 1 aromatic heterocycles. The lowest BCUT2D eigenvalue weighted by molar-refractivity contribution is -0.145. The fraction of sp³-hybridized carbons (Fsp3) is 0.667. The summed E-state index contributed by atoms with van der Waals surface area (Å²) >= 11 is 0. The highest BCUT2D eigenvalue weighted by Crippen LogP contribution is 2.39. The Bertz CT molecular complexity index is 634. The number of piperidine rings is 2. The summed E-state index contributed by atoms with van der Waals surface area (Å²) in [5, 5.41) is 0. The van der Waals surface area contributed by atoms with Crippen LogP contribution >= 0.6 is 0 Å². The summed E-state index contributed by atoms with van der Waals surface area (Å²) in [6.45, 7) is 4.67. The van der Waals surface area contributed by atoms with Crippen molar-refractivity contribution < 1.29 is 14.3 Å². The van der Waals surface area contributed by atoms with Crippen LogP contribution in [0.2, 0.25) is 0 Å². The summed E-state index contributed by atoms with van der Waals surface area (Å²) in [7, 11) is 1.54. The zero-order valence-electron chi connectivity index (χ0n) is 15.0. The van der Waals surface area contributed by atoms with Crippen LogP contribution in [-0.2, 0) is 20.9 Å². The second-order valence-electron chi connectivity index (χ2n) is 7.25. The van der Waals surface area contributed by atoms with E-state index in [1.807, 2.05) is 16.7 Å². The van der Waals surface area contributed by atoms with Crippen LogP contribution in [0.25, 0.3) is 0 Å². The first kappa shape index (κ1) is 17.8. The maximum atomic E-state index is 12.4. The van der Waals surface area contributed by atoms with Gasteiger partial charge in [0.1, 0.15) is 6.61 Å². The lowest BCUT2D eigenvalue weighted by Crippen LogP contribution is -2.55. The van der Waals surface area contributed by atoms with Gasteiger partial charge in [0.05, 0.1) is 24.1 Å². The van der Waals surface area contributed by atoms with Crippen molar-refractivity contribution >= 4 is 11.8 Å². The number of aromatic nitrogens is 2. The van der Waals surface area contributed by atoms with Crippen molar-refractivity contribution in [3.8, 4) is 0 Å². The van der Waals surface area contributed by atoms with Gasteiger partial charge in [0.2, 0.25) is 11.8 Å². The fourth-order valence-electron chi connectivity index (χ4n) is 3.91. The van der Waals surface area contributed by atoms with Crippen LogP contribution in [0.4, 0.5) is 0 Å². The Morgan fingerprint density at radius 1 is 1.28 bits per heavy atom. The highest BCUT2D eigenvalue weighted by Gasteiger charge is 2.42. The number of aryl methyl sites for hydroxylation is 1. The average molecular weight is 346 g/mol. The number of nitrogens with zero attached hydrogens (tertiary/aromatic N) is 4. The summed E-state index contributed by atoms with van der Waals surface area (Å²) < 4.78 is 4.99. The molecule has 0 unspecified atom stereocenters. The molecule has 0 aliphatic carbocycles. The Kier molecular flexibility index (Phi) is 5.32. The van der Waals surface area contributed by atoms with Crippen molar-refractivity contribution in [2.75, 3.05) is 33.4 Å². The molecule has 1 atom stereocenters. The van der Waals surface area contributed by atoms with Crippen LogP contribution in [0.3, 0.4) is 0 Å². The van der Waals surface area contributed by atoms with E-state index in [1.165, 1.54) is 0 Å². The number of rotatable bonds is 4. The molecule has 2 fully saturated rings. The predicted octanol–water partition coefficient (Wildman–Crippen LogP) is 1.16. The minimum atomic E-state index is -0.00626. The van der Waals surface area contributed by atoms with E-state index in [-0.39, 0.29) is 23.8 Å². The van der Waals surface area contributed by atoms with Gasteiger partial charge >= 0.3 is 0 Å². The largest absolute Gasteiger partial charge is 0.375 e. The van der Waals surface area contributed by atoms with Gasteiger partial charge in [-0.05, 0) is 26.2 Å². The third-order valence-electron chi connectivity index (χ3n) is 5.22. The van der Waals surface area contributed by atoms with Gasteiger partial charge in [-0.1, -0.05) is 0 Å². The monoisotopic (exact) mass is 346 g/mol. The van der Waals surface area contributed by atoms with Gasteiger partial charge in [0.25, 0.3) is 0 Å². The molecular weight excluding hydrogens is 320 g/mol. The van der Waals surface area contributed by atoms with Crippen LogP contribution in [-0.4, -0.2) is 64.9 Å². The quantitative estimate of drug-likeness (QED) is 0.818. The Morgan fingerprint density at radius 3 is 2.84 bits per heavy atom. The minimum Gasteiger partial charge on any atom is -0.375 e. The number of amides is 2. The molecule has 2 aliphatic heterocycles. The van der Waals surface area contributed by atoms with Crippen LogP contribution in [0, 0.1) is 12.3 Å². The van der Waals surface area contributed by atoms with Gasteiger partial charge in [-0.25, -0.2) is 0 Å². The lowest BCUT2D eigenvalue weighted by Gasteiger charge is -2.48. The minimum absolute atomic E-state index is 0.00626. The normalized spacial score (nSPS) is 24.0. The van der Waals surface area contributed by atoms with E-state index in [0.29, 0.717) is 26.1 Å². The predicted molar refractivity (Wildman–Crippen MR) is 91.5 cm³/mol. The number of carbonyl (C=O) groups is 2. The van der Waals surface area contributed by atoms with Gasteiger partial charge < -0.3 is 14.5 Å². The number of methoxy groups -OCH3 is 1. The van der Waals surface area contributed by atoms with Crippen LogP contribution in [0.5, 0.6) is 0 Å². The zero-order chi connectivity index (χ0) is 17.9. The van der Waals surface area contributed by atoms with E-state index in [1.54, 1.807) is 19.5 Å². The second kappa shape index (κ2) is 7.47. The maximum absolute atomic E-state index is 12.4. The molecule has 136 valence electrons. The highest BCUT2D eigenvalue weighted by molar-refractivity contribution is 5.78. The topological polar surface area (TPSA) is 75.6 Å². The molecule has 0 radical (unpaired) electrons. The van der Waals surface area contributed by atoms with Crippen molar-refractivity contribution in [2.24, 2.45) is 5.41 Å². The lowest BCUT2D eigenvalue weighted by atomic mass is 9.73. The smallest absolute Gasteiger partial charge is 0.248 e. The fourth-order valence-corrected chi connectivity index (χ4v) is 3.91. The summed E-state index contributed by atoms with van der Waals surface area (Å²) in [6, 6.07) is 0. The summed E-state index contributed by atoms with van der Waals surface area (Å²) in [4.78, 5) is 37.0. The molecule has 0 N–H and O–H groups in total. The van der Waals surface area contributed by atoms with E-state index >= 15 is 0 Å². The molecular formula is C18H26N4O3. The highest BCUT2D eigenvalue weighted by atomic mass is 16.5. The molecule has 2 amide bonds. The molecule has 2 saturated heterocycles. The number of hydrogen-bond donors (Lipinski definition) is 0. The van der Waals surface area contributed by atoms with Gasteiger partial charge in [0, 0.05) is 44.8 Å². The van der Waals surface area contributed by atoms with Crippen molar-refractivity contribution in [1.29, 1.82) is 0 Å². The maximum Gasteiger partial charge on any atom is 0.248 e. The first-order valence-electron chi connectivity index (χ1n) is 8.83. The molecule has 1 aromatic rings. The number of ether oxygens (including phenoxy) is 1. The molecule has 7 nitrogen and oxygen atoms in total. The number of carbonyl (C=O) groups excluding carboxylic acids is 2. The first-order valence-corrected chi connectivity index (χ1v) is 8.83. The van der Waals surface area contributed by atoms with Crippen molar-refractivity contribution in [3.05, 3.63) is 23.8 Å². The van der Waals surface area contributed by atoms with Crippen LogP contribution in [0.15, 0.2) is 12.4 Å². The Morgan fingerprint density at radius 2 is 2.12 bits per heavy atom. The van der Waals surface area contributed by atoms with E-state index in [2.05, 4.69) is 9.97 Å². The third kappa shape index (κ3) is 4.15. The molecule has 7 heteroatoms. The molecule has 3 heterocycles. The van der Waals surface area contributed by atoms with E-state index in [0.717, 1.165) is 37.2 Å². The Labute approximate surface area is 148 Å². The van der Waals surface area contributed by atoms with Crippen LogP contribution < -0.4 is 0 Å². The molecule has 25 heavy (non-hydrogen) atoms. The third-order valence-corrected chi connectivity index (χ3v) is 5.22. The number of hydrogen-bond acceptors (Lipinski definition) is 5. The van der Waals surface area contributed by atoms with Crippen molar-refractivity contribution in [3.63, 3.8) is 0 Å². The molecule has 2 aliphatic rings. The summed E-state index contributed by atoms with van der Waals surface area (Å²) in [5.41, 5.74) is 1.66.